The molecule has 174 valence electrons. The van der Waals surface area contributed by atoms with Crippen LogP contribution in [-0.4, -0.2) is 29.1 Å². The molecule has 5 nitrogen and oxygen atoms in total. The number of hydrogen-bond acceptors (Lipinski definition) is 5. The fourth-order valence-corrected chi connectivity index (χ4v) is 3.54. The molecule has 2 heterocycles. The number of benzene rings is 1. The summed E-state index contributed by atoms with van der Waals surface area (Å²) in [5, 5.41) is 2.97. The van der Waals surface area contributed by atoms with Gasteiger partial charge in [-0.1, -0.05) is 19.4 Å². The van der Waals surface area contributed by atoms with Crippen LogP contribution in [-0.2, 0) is 12.6 Å². The third-order valence-electron chi connectivity index (χ3n) is 5.13. The van der Waals surface area contributed by atoms with Gasteiger partial charge in [0.1, 0.15) is 5.82 Å². The van der Waals surface area contributed by atoms with Crippen molar-refractivity contribution in [1.82, 2.24) is 9.97 Å². The van der Waals surface area contributed by atoms with Crippen LogP contribution in [0.3, 0.4) is 0 Å². The van der Waals surface area contributed by atoms with Crippen molar-refractivity contribution in [2.24, 2.45) is 5.73 Å². The molecule has 3 N–H and O–H groups in total. The summed E-state index contributed by atoms with van der Waals surface area (Å²) < 4.78 is 39.7. The maximum absolute atomic E-state index is 13.2. The van der Waals surface area contributed by atoms with Crippen molar-refractivity contribution < 1.29 is 13.2 Å². The van der Waals surface area contributed by atoms with E-state index >= 15 is 0 Å². The van der Waals surface area contributed by atoms with Crippen LogP contribution >= 0.6 is 24.8 Å². The molecule has 0 aliphatic carbocycles. The number of rotatable bonds is 6. The molecular weight excluding hydrogens is 450 g/mol. The number of hydrogen-bond donors (Lipinski definition) is 2. The molecule has 3 rings (SSSR count). The maximum atomic E-state index is 13.2. The number of aryl methyl sites for hydroxylation is 2. The molecular formula is C21H30Cl2F3N5. The van der Waals surface area contributed by atoms with Crippen LogP contribution in [0.2, 0.25) is 0 Å². The molecule has 31 heavy (non-hydrogen) atoms. The van der Waals surface area contributed by atoms with Crippen LogP contribution in [0.4, 0.5) is 30.6 Å². The Labute approximate surface area is 193 Å². The van der Waals surface area contributed by atoms with Gasteiger partial charge in [0.25, 0.3) is 0 Å². The SMILES string of the molecule is CCCCc1cc(N2CCC[C@@H](N)C2)nc(Nc2ccc(C)c(C(F)(F)F)c2)n1.Cl.Cl. The predicted molar refractivity (Wildman–Crippen MR) is 124 cm³/mol. The first-order valence-electron chi connectivity index (χ1n) is 10.1. The van der Waals surface area contributed by atoms with E-state index in [4.69, 9.17) is 5.73 Å². The molecule has 1 aromatic heterocycles. The van der Waals surface area contributed by atoms with Gasteiger partial charge in [-0.2, -0.15) is 18.2 Å². The summed E-state index contributed by atoms with van der Waals surface area (Å²) in [6.07, 6.45) is 0.384. The van der Waals surface area contributed by atoms with Crippen molar-refractivity contribution in [3.8, 4) is 0 Å². The van der Waals surface area contributed by atoms with Gasteiger partial charge < -0.3 is 16.0 Å². The molecule has 10 heteroatoms. The minimum absolute atomic E-state index is 0. The van der Waals surface area contributed by atoms with E-state index in [0.29, 0.717) is 18.2 Å². The average molecular weight is 480 g/mol. The highest BCUT2D eigenvalue weighted by atomic mass is 35.5. The Morgan fingerprint density at radius 1 is 1.19 bits per heavy atom. The van der Waals surface area contributed by atoms with Gasteiger partial charge >= 0.3 is 6.18 Å². The lowest BCUT2D eigenvalue weighted by atomic mass is 10.1. The van der Waals surface area contributed by atoms with Crippen LogP contribution in [0, 0.1) is 6.92 Å². The lowest BCUT2D eigenvalue weighted by Crippen LogP contribution is -2.43. The first-order chi connectivity index (χ1) is 13.8. The second-order valence-corrected chi connectivity index (χ2v) is 7.65. The maximum Gasteiger partial charge on any atom is 0.416 e. The van der Waals surface area contributed by atoms with E-state index in [2.05, 4.69) is 27.1 Å². The van der Waals surface area contributed by atoms with E-state index in [9.17, 15) is 13.2 Å². The van der Waals surface area contributed by atoms with Gasteiger partial charge in [-0.05, 0) is 50.3 Å². The van der Waals surface area contributed by atoms with Crippen molar-refractivity contribution in [2.45, 2.75) is 58.2 Å². The quantitative estimate of drug-likeness (QED) is 0.559. The average Bonchev–Trinajstić information content (AvgIpc) is 2.67. The summed E-state index contributed by atoms with van der Waals surface area (Å²) in [4.78, 5) is 11.2. The van der Waals surface area contributed by atoms with Gasteiger partial charge in [0.2, 0.25) is 5.95 Å². The number of halogens is 5. The molecule has 1 aromatic carbocycles. The van der Waals surface area contributed by atoms with Crippen LogP contribution in [0.1, 0.15) is 49.4 Å². The lowest BCUT2D eigenvalue weighted by Gasteiger charge is -2.32. The van der Waals surface area contributed by atoms with Crippen molar-refractivity contribution in [3.63, 3.8) is 0 Å². The monoisotopic (exact) mass is 479 g/mol. The van der Waals surface area contributed by atoms with Crippen LogP contribution in [0.15, 0.2) is 24.3 Å². The van der Waals surface area contributed by atoms with Gasteiger partial charge in [0.15, 0.2) is 0 Å². The number of anilines is 3. The summed E-state index contributed by atoms with van der Waals surface area (Å²) >= 11 is 0. The van der Waals surface area contributed by atoms with Gasteiger partial charge in [0.05, 0.1) is 5.56 Å². The molecule has 0 bridgehead atoms. The number of nitrogens with one attached hydrogen (secondary N) is 1. The smallest absolute Gasteiger partial charge is 0.355 e. The van der Waals surface area contributed by atoms with Crippen LogP contribution in [0.25, 0.3) is 0 Å². The summed E-state index contributed by atoms with van der Waals surface area (Å²) in [6, 6.07) is 6.24. The first kappa shape index (κ1) is 27.3. The lowest BCUT2D eigenvalue weighted by molar-refractivity contribution is -0.138. The van der Waals surface area contributed by atoms with Crippen LogP contribution < -0.4 is 16.0 Å². The Bertz CT molecular complexity index is 848. The molecule has 0 saturated carbocycles. The van der Waals surface area contributed by atoms with E-state index in [1.54, 1.807) is 6.07 Å². The third kappa shape index (κ3) is 7.40. The molecule has 2 aromatic rings. The Balaban J connectivity index is 0.00000240. The highest BCUT2D eigenvalue weighted by Crippen LogP contribution is 2.34. The van der Waals surface area contributed by atoms with Gasteiger partial charge in [0, 0.05) is 36.6 Å². The molecule has 0 amide bonds. The van der Waals surface area contributed by atoms with Crippen LogP contribution in [0.5, 0.6) is 0 Å². The van der Waals surface area contributed by atoms with Gasteiger partial charge in [-0.3, -0.25) is 0 Å². The number of nitrogens with two attached hydrogens (primary N) is 1. The van der Waals surface area contributed by atoms with E-state index in [1.807, 2.05) is 6.07 Å². The van der Waals surface area contributed by atoms with E-state index in [0.717, 1.165) is 56.2 Å². The highest BCUT2D eigenvalue weighted by Gasteiger charge is 2.32. The van der Waals surface area contributed by atoms with Crippen molar-refractivity contribution >= 4 is 42.3 Å². The standard InChI is InChI=1S/C21H28F3N5.2ClH/c1-3-4-7-16-12-19(29-10-5-6-15(25)13-29)28-20(26-16)27-17-9-8-14(2)18(11-17)21(22,23)24;;/h8-9,11-12,15H,3-7,10,13,25H2,1-2H3,(H,26,27,28);2*1H/t15-;;/m1../s1. The molecule has 0 spiro atoms. The van der Waals surface area contributed by atoms with Crippen molar-refractivity contribution in [3.05, 3.63) is 41.1 Å². The Morgan fingerprint density at radius 2 is 1.94 bits per heavy atom. The zero-order chi connectivity index (χ0) is 21.0. The second kappa shape index (κ2) is 11.7. The predicted octanol–water partition coefficient (Wildman–Crippen LogP) is 5.66. The molecule has 1 aliphatic rings. The Kier molecular flexibility index (Phi) is 10.3. The zero-order valence-electron chi connectivity index (χ0n) is 17.7. The highest BCUT2D eigenvalue weighted by molar-refractivity contribution is 5.85. The molecule has 1 atom stereocenters. The molecule has 1 saturated heterocycles. The number of unbranched alkanes of at least 4 members (excludes halogenated alkanes) is 1. The fraction of sp³-hybridized carbons (Fsp3) is 0.524. The molecule has 0 radical (unpaired) electrons. The number of nitrogens with zero attached hydrogens (tertiary/aromatic N) is 3. The van der Waals surface area contributed by atoms with E-state index < -0.39 is 11.7 Å². The Hall–Kier alpha value is -1.77. The Morgan fingerprint density at radius 3 is 2.58 bits per heavy atom. The zero-order valence-corrected chi connectivity index (χ0v) is 19.3. The summed E-state index contributed by atoms with van der Waals surface area (Å²) in [5.41, 5.74) is 6.82. The van der Waals surface area contributed by atoms with Gasteiger partial charge in [-0.25, -0.2) is 4.98 Å². The van der Waals surface area contributed by atoms with Crippen molar-refractivity contribution in [1.29, 1.82) is 0 Å². The minimum atomic E-state index is -4.40. The van der Waals surface area contributed by atoms with E-state index in [1.165, 1.54) is 13.0 Å². The van der Waals surface area contributed by atoms with E-state index in [-0.39, 0.29) is 36.4 Å². The number of alkyl halides is 3. The molecule has 1 fully saturated rings. The summed E-state index contributed by atoms with van der Waals surface area (Å²) in [7, 11) is 0. The first-order valence-corrected chi connectivity index (χ1v) is 10.1. The molecule has 0 unspecified atom stereocenters. The largest absolute Gasteiger partial charge is 0.416 e. The normalized spacial score (nSPS) is 16.3. The summed E-state index contributed by atoms with van der Waals surface area (Å²) in [6.45, 7) is 5.13. The van der Waals surface area contributed by atoms with Gasteiger partial charge in [-0.15, -0.1) is 24.8 Å². The topological polar surface area (TPSA) is 67.1 Å². The number of piperidine rings is 1. The molecule has 1 aliphatic heterocycles. The fourth-order valence-electron chi connectivity index (χ4n) is 3.54. The third-order valence-corrected chi connectivity index (χ3v) is 5.13. The van der Waals surface area contributed by atoms with Crippen molar-refractivity contribution in [2.75, 3.05) is 23.3 Å². The minimum Gasteiger partial charge on any atom is -0.355 e. The second-order valence-electron chi connectivity index (χ2n) is 7.65. The summed E-state index contributed by atoms with van der Waals surface area (Å²) in [5.74, 6) is 1.08. The number of aromatic nitrogens is 2.